The molecule has 26 heavy (non-hydrogen) atoms. The summed E-state index contributed by atoms with van der Waals surface area (Å²) in [5.74, 6) is 0.0222. The number of anilines is 1. The Morgan fingerprint density at radius 2 is 1.88 bits per heavy atom. The molecular weight excluding hydrogens is 349 g/mol. The van der Waals surface area contributed by atoms with Crippen molar-refractivity contribution in [2.45, 2.75) is 13.8 Å². The van der Waals surface area contributed by atoms with Crippen LogP contribution in [0, 0.1) is 19.7 Å². The molecule has 2 N–H and O–H groups in total. The number of halogens is 1. The normalized spacial score (nSPS) is 11.0. The molecule has 0 radical (unpaired) electrons. The maximum atomic E-state index is 13.8. The smallest absolute Gasteiger partial charge is 0.165 e. The van der Waals surface area contributed by atoms with Crippen molar-refractivity contribution in [2.24, 2.45) is 0 Å². The zero-order valence-corrected chi connectivity index (χ0v) is 15.1. The number of aromatic nitrogens is 4. The Bertz CT molecular complexity index is 1100. The molecule has 2 heterocycles. The van der Waals surface area contributed by atoms with Gasteiger partial charge in [0, 0.05) is 10.9 Å². The molecule has 2 aromatic heterocycles. The van der Waals surface area contributed by atoms with Crippen LogP contribution < -0.4 is 5.73 Å². The highest BCUT2D eigenvalue weighted by atomic mass is 32.1. The van der Waals surface area contributed by atoms with E-state index >= 15 is 0 Å². The van der Waals surface area contributed by atoms with Crippen molar-refractivity contribution in [3.05, 3.63) is 64.8 Å². The summed E-state index contributed by atoms with van der Waals surface area (Å²) in [6, 6.07) is 12.9. The lowest BCUT2D eigenvalue weighted by molar-refractivity contribution is 0.616. The molecule has 7 heteroatoms. The minimum atomic E-state index is -0.310. The minimum absolute atomic E-state index is 0.310. The second-order valence-corrected chi connectivity index (χ2v) is 6.88. The van der Waals surface area contributed by atoms with Gasteiger partial charge in [0.25, 0.3) is 0 Å². The molecule has 0 saturated carbocycles. The zero-order chi connectivity index (χ0) is 18.3. The first kappa shape index (κ1) is 16.4. The van der Waals surface area contributed by atoms with E-state index in [0.717, 1.165) is 16.8 Å². The van der Waals surface area contributed by atoms with E-state index in [4.69, 9.17) is 5.73 Å². The summed E-state index contributed by atoms with van der Waals surface area (Å²) in [6.45, 7) is 3.75. The first-order valence-electron chi connectivity index (χ1n) is 8.04. The van der Waals surface area contributed by atoms with Crippen molar-refractivity contribution in [3.8, 4) is 27.6 Å². The van der Waals surface area contributed by atoms with E-state index in [0.29, 0.717) is 27.8 Å². The molecule has 0 atom stereocenters. The third-order valence-corrected chi connectivity index (χ3v) is 5.08. The third kappa shape index (κ3) is 2.76. The largest absolute Gasteiger partial charge is 0.382 e. The fourth-order valence-electron chi connectivity index (χ4n) is 2.71. The number of aryl methyl sites for hydroxylation is 2. The Hall–Kier alpha value is -3.06. The van der Waals surface area contributed by atoms with Crippen LogP contribution in [0.15, 0.2) is 47.8 Å². The van der Waals surface area contributed by atoms with E-state index in [-0.39, 0.29) is 5.82 Å². The van der Waals surface area contributed by atoms with Crippen LogP contribution in [0.25, 0.3) is 27.6 Å². The lowest BCUT2D eigenvalue weighted by atomic mass is 10.1. The first-order valence-corrected chi connectivity index (χ1v) is 8.92. The fraction of sp³-hybridized carbons (Fsp3) is 0.105. The average Bonchev–Trinajstić information content (AvgIpc) is 3.24. The van der Waals surface area contributed by atoms with Crippen LogP contribution in [0.4, 0.5) is 10.2 Å². The van der Waals surface area contributed by atoms with E-state index < -0.39 is 0 Å². The van der Waals surface area contributed by atoms with Crippen LogP contribution in [-0.4, -0.2) is 20.0 Å². The summed E-state index contributed by atoms with van der Waals surface area (Å²) >= 11 is 1.45. The number of hydrogen-bond donors (Lipinski definition) is 1. The molecular formula is C19H16FN5S. The molecule has 4 rings (SSSR count). The van der Waals surface area contributed by atoms with Gasteiger partial charge in [-0.2, -0.15) is 4.68 Å². The van der Waals surface area contributed by atoms with E-state index in [2.05, 4.69) is 15.3 Å². The molecule has 2 aromatic carbocycles. The van der Waals surface area contributed by atoms with Gasteiger partial charge in [-0.25, -0.2) is 9.37 Å². The second kappa shape index (κ2) is 6.34. The van der Waals surface area contributed by atoms with Gasteiger partial charge in [-0.3, -0.25) is 0 Å². The number of hydrogen-bond acceptors (Lipinski definition) is 5. The standard InChI is InChI=1S/C19H16FN5S/c1-11-5-3-4-6-14(11)16-10-26-19(22-16)17-18(21)25(24-23-17)13-8-7-12(2)15(20)9-13/h3-10H,21H2,1-2H3. The maximum absolute atomic E-state index is 13.8. The van der Waals surface area contributed by atoms with E-state index in [1.54, 1.807) is 19.1 Å². The summed E-state index contributed by atoms with van der Waals surface area (Å²) in [5.41, 5.74) is 10.9. The van der Waals surface area contributed by atoms with Gasteiger partial charge in [-0.15, -0.1) is 16.4 Å². The van der Waals surface area contributed by atoms with Gasteiger partial charge in [0.05, 0.1) is 11.4 Å². The highest BCUT2D eigenvalue weighted by molar-refractivity contribution is 7.13. The Kier molecular flexibility index (Phi) is 4.00. The van der Waals surface area contributed by atoms with E-state index in [1.165, 1.54) is 22.1 Å². The summed E-state index contributed by atoms with van der Waals surface area (Å²) in [4.78, 5) is 4.66. The number of rotatable bonds is 3. The summed E-state index contributed by atoms with van der Waals surface area (Å²) in [5, 5.41) is 10.9. The average molecular weight is 365 g/mol. The highest BCUT2D eigenvalue weighted by Gasteiger charge is 2.17. The van der Waals surface area contributed by atoms with Gasteiger partial charge in [0.2, 0.25) is 0 Å². The second-order valence-electron chi connectivity index (χ2n) is 6.02. The van der Waals surface area contributed by atoms with Crippen LogP contribution in [0.5, 0.6) is 0 Å². The van der Waals surface area contributed by atoms with Crippen molar-refractivity contribution >= 4 is 17.2 Å². The molecule has 130 valence electrons. The molecule has 0 amide bonds. The third-order valence-electron chi connectivity index (χ3n) is 4.23. The van der Waals surface area contributed by atoms with Crippen LogP contribution in [0.1, 0.15) is 11.1 Å². The van der Waals surface area contributed by atoms with Gasteiger partial charge < -0.3 is 5.73 Å². The lowest BCUT2D eigenvalue weighted by Crippen LogP contribution is -2.03. The van der Waals surface area contributed by atoms with Gasteiger partial charge in [0.1, 0.15) is 10.8 Å². The SMILES string of the molecule is Cc1ccc(-n2nnc(-c3nc(-c4ccccc4C)cs3)c2N)cc1F. The molecule has 0 aliphatic carbocycles. The maximum Gasteiger partial charge on any atom is 0.165 e. The van der Waals surface area contributed by atoms with Crippen LogP contribution >= 0.6 is 11.3 Å². The number of benzene rings is 2. The highest BCUT2D eigenvalue weighted by Crippen LogP contribution is 2.32. The van der Waals surface area contributed by atoms with E-state index in [9.17, 15) is 4.39 Å². The zero-order valence-electron chi connectivity index (χ0n) is 14.3. The molecule has 0 unspecified atom stereocenters. The van der Waals surface area contributed by atoms with Crippen molar-refractivity contribution < 1.29 is 4.39 Å². The molecule has 0 spiro atoms. The van der Waals surface area contributed by atoms with Crippen LogP contribution in [-0.2, 0) is 0 Å². The lowest BCUT2D eigenvalue weighted by Gasteiger charge is -2.04. The summed E-state index contributed by atoms with van der Waals surface area (Å²) < 4.78 is 15.3. The predicted octanol–water partition coefficient (Wildman–Crippen LogP) is 4.40. The van der Waals surface area contributed by atoms with Gasteiger partial charge in [-0.05, 0) is 37.1 Å². The van der Waals surface area contributed by atoms with Crippen LogP contribution in [0.2, 0.25) is 0 Å². The molecule has 5 nitrogen and oxygen atoms in total. The Labute approximate surface area is 153 Å². The summed E-state index contributed by atoms with van der Waals surface area (Å²) in [7, 11) is 0. The number of nitrogens with zero attached hydrogens (tertiary/aromatic N) is 4. The molecule has 0 aliphatic heterocycles. The number of thiazole rings is 1. The quantitative estimate of drug-likeness (QED) is 0.584. The molecule has 0 aliphatic rings. The van der Waals surface area contributed by atoms with Crippen molar-refractivity contribution in [1.82, 2.24) is 20.0 Å². The molecule has 0 bridgehead atoms. The van der Waals surface area contributed by atoms with E-state index in [1.807, 2.05) is 36.6 Å². The van der Waals surface area contributed by atoms with Gasteiger partial charge >= 0.3 is 0 Å². The van der Waals surface area contributed by atoms with Gasteiger partial charge in [-0.1, -0.05) is 35.5 Å². The fourth-order valence-corrected chi connectivity index (χ4v) is 3.52. The topological polar surface area (TPSA) is 69.6 Å². The number of nitrogens with two attached hydrogens (primary N) is 1. The molecule has 0 fully saturated rings. The summed E-state index contributed by atoms with van der Waals surface area (Å²) in [6.07, 6.45) is 0. The number of nitrogen functional groups attached to an aromatic ring is 1. The molecule has 4 aromatic rings. The Balaban J connectivity index is 1.73. The molecule has 0 saturated heterocycles. The van der Waals surface area contributed by atoms with Crippen LogP contribution in [0.3, 0.4) is 0 Å². The van der Waals surface area contributed by atoms with Gasteiger partial charge in [0.15, 0.2) is 11.5 Å². The Morgan fingerprint density at radius 3 is 2.65 bits per heavy atom. The van der Waals surface area contributed by atoms with Crippen molar-refractivity contribution in [3.63, 3.8) is 0 Å². The first-order chi connectivity index (χ1) is 12.5. The monoisotopic (exact) mass is 365 g/mol. The van der Waals surface area contributed by atoms with Crippen molar-refractivity contribution in [1.29, 1.82) is 0 Å². The Morgan fingerprint density at radius 1 is 1.08 bits per heavy atom. The van der Waals surface area contributed by atoms with Crippen molar-refractivity contribution in [2.75, 3.05) is 5.73 Å². The minimum Gasteiger partial charge on any atom is -0.382 e. The predicted molar refractivity (Wildman–Crippen MR) is 102 cm³/mol.